The molecule has 0 spiro atoms. The molecule has 0 radical (unpaired) electrons. The average molecular weight is 218 g/mol. The predicted octanol–water partition coefficient (Wildman–Crippen LogP) is 1.17. The smallest absolute Gasteiger partial charge is 0.0642 e. The van der Waals surface area contributed by atoms with E-state index in [1.165, 1.54) is 11.3 Å². The monoisotopic (exact) mass is 218 g/mol. The lowest BCUT2D eigenvalue weighted by molar-refractivity contribution is 0.122. The number of anilines is 1. The van der Waals surface area contributed by atoms with E-state index in [1.807, 2.05) is 0 Å². The predicted molar refractivity (Wildman–Crippen MR) is 64.9 cm³/mol. The van der Waals surface area contributed by atoms with Gasteiger partial charge in [0.25, 0.3) is 0 Å². The quantitative estimate of drug-likeness (QED) is 0.766. The van der Waals surface area contributed by atoms with E-state index in [-0.39, 0.29) is 0 Å². The first-order chi connectivity index (χ1) is 7.95. The molecule has 2 aliphatic heterocycles. The second-order valence-corrected chi connectivity index (χ2v) is 4.44. The highest BCUT2D eigenvalue weighted by atomic mass is 16.5. The van der Waals surface area contributed by atoms with Gasteiger partial charge in [-0.25, -0.2) is 0 Å². The third-order valence-electron chi connectivity index (χ3n) is 3.47. The van der Waals surface area contributed by atoms with E-state index in [1.54, 1.807) is 5.56 Å². The van der Waals surface area contributed by atoms with E-state index < -0.39 is 0 Å². The fourth-order valence-electron chi connectivity index (χ4n) is 2.61. The molecule has 0 amide bonds. The Hall–Kier alpha value is -1.06. The number of ether oxygens (including phenoxy) is 1. The Morgan fingerprint density at radius 2 is 2.06 bits per heavy atom. The van der Waals surface area contributed by atoms with Gasteiger partial charge < -0.3 is 15.0 Å². The first-order valence-corrected chi connectivity index (χ1v) is 6.09. The fourth-order valence-corrected chi connectivity index (χ4v) is 2.61. The molecule has 16 heavy (non-hydrogen) atoms. The van der Waals surface area contributed by atoms with Crippen LogP contribution in [0.15, 0.2) is 18.2 Å². The van der Waals surface area contributed by atoms with Crippen LogP contribution in [-0.2, 0) is 17.7 Å². The van der Waals surface area contributed by atoms with E-state index in [0.29, 0.717) is 0 Å². The van der Waals surface area contributed by atoms with Crippen molar-refractivity contribution in [3.63, 3.8) is 0 Å². The number of benzene rings is 1. The zero-order valence-corrected chi connectivity index (χ0v) is 9.54. The maximum atomic E-state index is 5.41. The molecule has 3 rings (SSSR count). The van der Waals surface area contributed by atoms with Gasteiger partial charge in [-0.3, -0.25) is 0 Å². The molecule has 86 valence electrons. The minimum atomic E-state index is 0.863. The molecule has 0 aromatic heterocycles. The summed E-state index contributed by atoms with van der Waals surface area (Å²) in [5.41, 5.74) is 4.45. The second kappa shape index (κ2) is 4.44. The Bertz CT molecular complexity index is 372. The maximum absolute atomic E-state index is 5.41. The maximum Gasteiger partial charge on any atom is 0.0642 e. The van der Waals surface area contributed by atoms with Gasteiger partial charge in [-0.2, -0.15) is 0 Å². The molecule has 0 saturated carbocycles. The third-order valence-corrected chi connectivity index (χ3v) is 3.47. The van der Waals surface area contributed by atoms with Gasteiger partial charge in [0.2, 0.25) is 0 Å². The van der Waals surface area contributed by atoms with Gasteiger partial charge in [0.15, 0.2) is 0 Å². The normalized spacial score (nSPS) is 20.6. The van der Waals surface area contributed by atoms with Crippen LogP contribution < -0.4 is 10.2 Å². The minimum Gasteiger partial charge on any atom is -0.378 e. The van der Waals surface area contributed by atoms with E-state index in [2.05, 4.69) is 28.4 Å². The Balaban J connectivity index is 1.93. The van der Waals surface area contributed by atoms with Crippen molar-refractivity contribution in [2.24, 2.45) is 0 Å². The molecule has 0 atom stereocenters. The number of morpholine rings is 1. The van der Waals surface area contributed by atoms with Gasteiger partial charge in [0.05, 0.1) is 13.2 Å². The van der Waals surface area contributed by atoms with Crippen LogP contribution in [0, 0.1) is 0 Å². The van der Waals surface area contributed by atoms with Crippen LogP contribution >= 0.6 is 0 Å². The van der Waals surface area contributed by atoms with Crippen molar-refractivity contribution in [3.8, 4) is 0 Å². The Labute approximate surface area is 96.4 Å². The van der Waals surface area contributed by atoms with E-state index in [4.69, 9.17) is 4.74 Å². The van der Waals surface area contributed by atoms with E-state index >= 15 is 0 Å². The number of rotatable bonds is 1. The molecule has 2 heterocycles. The molecule has 3 heteroatoms. The Morgan fingerprint density at radius 3 is 2.94 bits per heavy atom. The lowest BCUT2D eigenvalue weighted by Gasteiger charge is -2.32. The zero-order valence-electron chi connectivity index (χ0n) is 9.54. The van der Waals surface area contributed by atoms with Crippen molar-refractivity contribution in [2.75, 3.05) is 37.7 Å². The molecule has 0 bridgehead atoms. The number of fused-ring (bicyclic) bond motifs is 1. The highest BCUT2D eigenvalue weighted by molar-refractivity contribution is 5.57. The molecule has 0 aliphatic carbocycles. The summed E-state index contributed by atoms with van der Waals surface area (Å²) in [6, 6.07) is 6.68. The largest absolute Gasteiger partial charge is 0.378 e. The number of nitrogens with one attached hydrogen (secondary N) is 1. The standard InChI is InChI=1S/C13H18N2O/c1-2-11-10-14-5-4-12(11)13(3-1)15-6-8-16-9-7-15/h1-3,14H,4-10H2. The summed E-state index contributed by atoms with van der Waals surface area (Å²) in [6.45, 7) is 5.92. The second-order valence-electron chi connectivity index (χ2n) is 4.44. The minimum absolute atomic E-state index is 0.863. The average Bonchev–Trinajstić information content (AvgIpc) is 2.39. The van der Waals surface area contributed by atoms with Gasteiger partial charge in [0.1, 0.15) is 0 Å². The van der Waals surface area contributed by atoms with Crippen molar-refractivity contribution in [3.05, 3.63) is 29.3 Å². The summed E-state index contributed by atoms with van der Waals surface area (Å²) in [5, 5.41) is 3.43. The SMILES string of the molecule is c1cc2c(c(N3CCOCC3)c1)CCNC2. The molecule has 1 N–H and O–H groups in total. The van der Waals surface area contributed by atoms with Crippen LogP contribution in [0.2, 0.25) is 0 Å². The van der Waals surface area contributed by atoms with Gasteiger partial charge in [0, 0.05) is 25.3 Å². The molecule has 1 fully saturated rings. The van der Waals surface area contributed by atoms with Gasteiger partial charge >= 0.3 is 0 Å². The first-order valence-electron chi connectivity index (χ1n) is 6.09. The Morgan fingerprint density at radius 1 is 1.19 bits per heavy atom. The van der Waals surface area contributed by atoms with Crippen LogP contribution in [0.25, 0.3) is 0 Å². The van der Waals surface area contributed by atoms with Crippen molar-refractivity contribution < 1.29 is 4.74 Å². The topological polar surface area (TPSA) is 24.5 Å². The van der Waals surface area contributed by atoms with Gasteiger partial charge in [-0.05, 0) is 30.2 Å². The molecule has 1 aromatic rings. The molecule has 0 unspecified atom stereocenters. The lowest BCUT2D eigenvalue weighted by atomic mass is 9.98. The summed E-state index contributed by atoms with van der Waals surface area (Å²) in [6.07, 6.45) is 1.16. The van der Waals surface area contributed by atoms with Crippen molar-refractivity contribution >= 4 is 5.69 Å². The molecular weight excluding hydrogens is 200 g/mol. The van der Waals surface area contributed by atoms with Crippen molar-refractivity contribution in [2.45, 2.75) is 13.0 Å². The van der Waals surface area contributed by atoms with Crippen LogP contribution in [-0.4, -0.2) is 32.8 Å². The first kappa shape index (κ1) is 10.1. The summed E-state index contributed by atoms with van der Waals surface area (Å²) in [5.74, 6) is 0. The van der Waals surface area contributed by atoms with E-state index in [9.17, 15) is 0 Å². The third kappa shape index (κ3) is 1.81. The summed E-state index contributed by atoms with van der Waals surface area (Å²) < 4.78 is 5.41. The van der Waals surface area contributed by atoms with Gasteiger partial charge in [-0.15, -0.1) is 0 Å². The van der Waals surface area contributed by atoms with Gasteiger partial charge in [-0.1, -0.05) is 12.1 Å². The zero-order chi connectivity index (χ0) is 10.8. The van der Waals surface area contributed by atoms with Crippen LogP contribution in [0.5, 0.6) is 0 Å². The molecular formula is C13H18N2O. The summed E-state index contributed by atoms with van der Waals surface area (Å²) in [7, 11) is 0. The highest BCUT2D eigenvalue weighted by Crippen LogP contribution is 2.27. The van der Waals surface area contributed by atoms with Crippen molar-refractivity contribution in [1.82, 2.24) is 5.32 Å². The number of hydrogen-bond donors (Lipinski definition) is 1. The molecule has 2 aliphatic rings. The molecule has 3 nitrogen and oxygen atoms in total. The van der Waals surface area contributed by atoms with Crippen LogP contribution in [0.3, 0.4) is 0 Å². The molecule has 1 aromatic carbocycles. The number of hydrogen-bond acceptors (Lipinski definition) is 3. The fraction of sp³-hybridized carbons (Fsp3) is 0.538. The molecule has 1 saturated heterocycles. The number of nitrogens with zero attached hydrogens (tertiary/aromatic N) is 1. The summed E-state index contributed by atoms with van der Waals surface area (Å²) >= 11 is 0. The van der Waals surface area contributed by atoms with E-state index in [0.717, 1.165) is 45.8 Å². The highest BCUT2D eigenvalue weighted by Gasteiger charge is 2.18. The van der Waals surface area contributed by atoms with Crippen LogP contribution in [0.1, 0.15) is 11.1 Å². The van der Waals surface area contributed by atoms with Crippen molar-refractivity contribution in [1.29, 1.82) is 0 Å². The van der Waals surface area contributed by atoms with Crippen LogP contribution in [0.4, 0.5) is 5.69 Å². The lowest BCUT2D eigenvalue weighted by Crippen LogP contribution is -2.37. The summed E-state index contributed by atoms with van der Waals surface area (Å²) in [4.78, 5) is 2.47. The Kier molecular flexibility index (Phi) is 2.80.